The van der Waals surface area contributed by atoms with Crippen LogP contribution >= 0.6 is 0 Å². The molecular formula is C33H43NO2. The van der Waals surface area contributed by atoms with Gasteiger partial charge in [-0.3, -0.25) is 0 Å². The minimum Gasteiger partial charge on any atom is -0.462 e. The molecule has 1 aromatic heterocycles. The van der Waals surface area contributed by atoms with Crippen LogP contribution in [0.1, 0.15) is 102 Å². The van der Waals surface area contributed by atoms with Crippen molar-refractivity contribution >= 4 is 18.1 Å². The monoisotopic (exact) mass is 485 g/mol. The number of carbonyl (C=O) groups is 1. The van der Waals surface area contributed by atoms with Gasteiger partial charge in [-0.05, 0) is 68.0 Å². The summed E-state index contributed by atoms with van der Waals surface area (Å²) < 4.78 is 7.79. The predicted molar refractivity (Wildman–Crippen MR) is 153 cm³/mol. The van der Waals surface area contributed by atoms with Gasteiger partial charge in [-0.15, -0.1) is 0 Å². The highest BCUT2D eigenvalue weighted by Crippen LogP contribution is 2.28. The van der Waals surface area contributed by atoms with Gasteiger partial charge >= 0.3 is 5.97 Å². The fourth-order valence-electron chi connectivity index (χ4n) is 5.03. The van der Waals surface area contributed by atoms with Gasteiger partial charge in [-0.2, -0.15) is 0 Å². The largest absolute Gasteiger partial charge is 0.462 e. The van der Waals surface area contributed by atoms with Gasteiger partial charge in [-0.1, -0.05) is 93.1 Å². The molecule has 0 bridgehead atoms. The molecule has 3 aromatic rings. The Labute approximate surface area is 218 Å². The van der Waals surface area contributed by atoms with Crippen molar-refractivity contribution in [2.45, 2.75) is 86.1 Å². The Bertz CT molecular complexity index is 1130. The van der Waals surface area contributed by atoms with E-state index in [4.69, 9.17) is 4.74 Å². The SMILES string of the molecule is CCCCCCCCn1cc(C(=O)OCC)c(Cc2c(C)cc(C)cc2C)c1/C=C/c1ccccc1. The fraction of sp³-hybridized carbons (Fsp3) is 0.424. The van der Waals surface area contributed by atoms with Crippen LogP contribution in [0.25, 0.3) is 12.2 Å². The molecule has 0 atom stereocenters. The lowest BCUT2D eigenvalue weighted by atomic mass is 9.92. The van der Waals surface area contributed by atoms with Crippen molar-refractivity contribution in [2.24, 2.45) is 0 Å². The van der Waals surface area contributed by atoms with Gasteiger partial charge in [0.05, 0.1) is 12.2 Å². The van der Waals surface area contributed by atoms with E-state index in [-0.39, 0.29) is 5.97 Å². The maximum atomic E-state index is 13.1. The van der Waals surface area contributed by atoms with E-state index < -0.39 is 0 Å². The first-order chi connectivity index (χ1) is 17.4. The highest BCUT2D eigenvalue weighted by atomic mass is 16.5. The van der Waals surface area contributed by atoms with Gasteiger partial charge in [-0.25, -0.2) is 4.79 Å². The molecule has 2 aromatic carbocycles. The number of hydrogen-bond donors (Lipinski definition) is 0. The summed E-state index contributed by atoms with van der Waals surface area (Å²) in [6.07, 6.45) is 14.5. The van der Waals surface area contributed by atoms with Crippen LogP contribution in [0.5, 0.6) is 0 Å². The second-order valence-corrected chi connectivity index (χ2v) is 9.89. The molecule has 3 nitrogen and oxygen atoms in total. The third-order valence-electron chi connectivity index (χ3n) is 6.90. The Morgan fingerprint density at radius 3 is 2.19 bits per heavy atom. The van der Waals surface area contributed by atoms with Crippen LogP contribution in [0.2, 0.25) is 0 Å². The lowest BCUT2D eigenvalue weighted by Gasteiger charge is -2.14. The number of esters is 1. The van der Waals surface area contributed by atoms with Crippen LogP contribution in [-0.2, 0) is 17.7 Å². The third-order valence-corrected chi connectivity index (χ3v) is 6.90. The number of nitrogens with zero attached hydrogens (tertiary/aromatic N) is 1. The summed E-state index contributed by atoms with van der Waals surface area (Å²) in [7, 11) is 0. The number of rotatable bonds is 13. The molecule has 0 unspecified atom stereocenters. The van der Waals surface area contributed by atoms with E-state index in [0.29, 0.717) is 18.6 Å². The Balaban J connectivity index is 2.03. The number of benzene rings is 2. The van der Waals surface area contributed by atoms with Crippen molar-refractivity contribution in [3.05, 3.63) is 93.3 Å². The van der Waals surface area contributed by atoms with Gasteiger partial charge in [0.15, 0.2) is 0 Å². The number of ether oxygens (including phenoxy) is 1. The second-order valence-electron chi connectivity index (χ2n) is 9.89. The topological polar surface area (TPSA) is 31.2 Å². The minimum atomic E-state index is -0.231. The summed E-state index contributed by atoms with van der Waals surface area (Å²) in [6.45, 7) is 11.9. The molecule has 0 N–H and O–H groups in total. The van der Waals surface area contributed by atoms with Crippen LogP contribution in [0.15, 0.2) is 48.7 Å². The first-order valence-electron chi connectivity index (χ1n) is 13.6. The van der Waals surface area contributed by atoms with Crippen molar-refractivity contribution in [3.63, 3.8) is 0 Å². The molecular weight excluding hydrogens is 442 g/mol. The molecule has 1 heterocycles. The number of aryl methyl sites for hydroxylation is 4. The summed E-state index contributed by atoms with van der Waals surface area (Å²) >= 11 is 0. The van der Waals surface area contributed by atoms with Gasteiger partial charge in [0.1, 0.15) is 0 Å². The van der Waals surface area contributed by atoms with E-state index in [1.165, 1.54) is 54.4 Å². The standard InChI is InChI=1S/C33H43NO2/c1-6-8-9-10-11-15-20-34-24-31(33(35)36-7-2)30(23-29-26(4)21-25(3)22-27(29)5)32(34)19-18-28-16-13-12-14-17-28/h12-14,16-19,21-22,24H,6-11,15,20,23H2,1-5H3/b19-18+. The smallest absolute Gasteiger partial charge is 0.339 e. The number of aromatic nitrogens is 1. The van der Waals surface area contributed by atoms with Gasteiger partial charge in [0.25, 0.3) is 0 Å². The van der Waals surface area contributed by atoms with Crippen molar-refractivity contribution in [1.29, 1.82) is 0 Å². The van der Waals surface area contributed by atoms with Crippen LogP contribution in [0.4, 0.5) is 0 Å². The molecule has 0 spiro atoms. The van der Waals surface area contributed by atoms with E-state index in [0.717, 1.165) is 29.8 Å². The van der Waals surface area contributed by atoms with Gasteiger partial charge < -0.3 is 9.30 Å². The highest BCUT2D eigenvalue weighted by molar-refractivity contribution is 5.93. The number of carbonyl (C=O) groups excluding carboxylic acids is 1. The molecule has 0 aliphatic rings. The van der Waals surface area contributed by atoms with E-state index >= 15 is 0 Å². The first kappa shape index (κ1) is 27.5. The zero-order chi connectivity index (χ0) is 25.9. The van der Waals surface area contributed by atoms with Gasteiger partial charge in [0.2, 0.25) is 0 Å². The zero-order valence-electron chi connectivity index (χ0n) is 22.9. The summed E-state index contributed by atoms with van der Waals surface area (Å²) in [5, 5.41) is 0. The summed E-state index contributed by atoms with van der Waals surface area (Å²) in [5.74, 6) is -0.231. The van der Waals surface area contributed by atoms with E-state index in [1.54, 1.807) is 0 Å². The molecule has 0 aliphatic carbocycles. The predicted octanol–water partition coefficient (Wildman–Crippen LogP) is 8.71. The second kappa shape index (κ2) is 13.9. The van der Waals surface area contributed by atoms with Crippen LogP contribution in [-0.4, -0.2) is 17.1 Å². The quantitative estimate of drug-likeness (QED) is 0.179. The van der Waals surface area contributed by atoms with E-state index in [9.17, 15) is 4.79 Å². The van der Waals surface area contributed by atoms with Crippen molar-refractivity contribution < 1.29 is 9.53 Å². The first-order valence-corrected chi connectivity index (χ1v) is 13.6. The Hall–Kier alpha value is -3.07. The van der Waals surface area contributed by atoms with Crippen molar-refractivity contribution in [3.8, 4) is 0 Å². The number of unbranched alkanes of at least 4 members (excludes halogenated alkanes) is 5. The normalized spacial score (nSPS) is 11.4. The van der Waals surface area contributed by atoms with Crippen molar-refractivity contribution in [2.75, 3.05) is 6.61 Å². The molecule has 3 rings (SSSR count). The lowest BCUT2D eigenvalue weighted by Crippen LogP contribution is -2.08. The molecule has 0 saturated heterocycles. The maximum Gasteiger partial charge on any atom is 0.339 e. The number of hydrogen-bond acceptors (Lipinski definition) is 2. The van der Waals surface area contributed by atoms with E-state index in [1.807, 2.05) is 19.2 Å². The lowest BCUT2D eigenvalue weighted by molar-refractivity contribution is 0.0525. The molecule has 0 aliphatic heterocycles. The molecule has 0 fully saturated rings. The Morgan fingerprint density at radius 1 is 0.861 bits per heavy atom. The molecule has 0 radical (unpaired) electrons. The van der Waals surface area contributed by atoms with Gasteiger partial charge in [0, 0.05) is 24.9 Å². The van der Waals surface area contributed by atoms with E-state index in [2.05, 4.69) is 80.8 Å². The molecule has 0 amide bonds. The zero-order valence-corrected chi connectivity index (χ0v) is 22.9. The summed E-state index contributed by atoms with van der Waals surface area (Å²) in [6, 6.07) is 14.8. The highest BCUT2D eigenvalue weighted by Gasteiger charge is 2.22. The molecule has 3 heteroatoms. The third kappa shape index (κ3) is 7.46. The van der Waals surface area contributed by atoms with Crippen LogP contribution < -0.4 is 0 Å². The molecule has 36 heavy (non-hydrogen) atoms. The van der Waals surface area contributed by atoms with Crippen molar-refractivity contribution in [1.82, 2.24) is 4.57 Å². The minimum absolute atomic E-state index is 0.231. The molecule has 192 valence electrons. The maximum absolute atomic E-state index is 13.1. The fourth-order valence-corrected chi connectivity index (χ4v) is 5.03. The van der Waals surface area contributed by atoms with Crippen LogP contribution in [0, 0.1) is 20.8 Å². The summed E-state index contributed by atoms with van der Waals surface area (Å²) in [4.78, 5) is 13.1. The summed E-state index contributed by atoms with van der Waals surface area (Å²) in [5.41, 5.74) is 9.09. The average Bonchev–Trinajstić information content (AvgIpc) is 3.20. The van der Waals surface area contributed by atoms with Crippen LogP contribution in [0.3, 0.4) is 0 Å². The Kier molecular flexibility index (Phi) is 10.6. The molecule has 0 saturated carbocycles. The Morgan fingerprint density at radius 2 is 1.53 bits per heavy atom. The average molecular weight is 486 g/mol.